The molecule has 37 heavy (non-hydrogen) atoms. The highest BCUT2D eigenvalue weighted by Gasteiger charge is 2.38. The SMILES string of the molecule is NC(=O)c1cccc(-c2ccc(CCC3Cc4ccccc4C3)c(C(F)(F)F)c2)c1.O=C(O)C(F)(F)F. The summed E-state index contributed by atoms with van der Waals surface area (Å²) in [5.41, 5.74) is 8.84. The van der Waals surface area contributed by atoms with Crippen molar-refractivity contribution in [2.75, 3.05) is 0 Å². The van der Waals surface area contributed by atoms with Gasteiger partial charge in [-0.3, -0.25) is 4.79 Å². The van der Waals surface area contributed by atoms with Crippen molar-refractivity contribution in [3.05, 3.63) is 94.5 Å². The van der Waals surface area contributed by atoms with E-state index in [-0.39, 0.29) is 5.56 Å². The van der Waals surface area contributed by atoms with Crippen LogP contribution in [0.25, 0.3) is 11.1 Å². The quantitative estimate of drug-likeness (QED) is 0.377. The molecule has 0 atom stereocenters. The highest BCUT2D eigenvalue weighted by atomic mass is 19.4. The minimum Gasteiger partial charge on any atom is -0.475 e. The van der Waals surface area contributed by atoms with E-state index in [2.05, 4.69) is 12.1 Å². The summed E-state index contributed by atoms with van der Waals surface area (Å²) < 4.78 is 73.1. The highest BCUT2D eigenvalue weighted by molar-refractivity contribution is 5.94. The lowest BCUT2D eigenvalue weighted by molar-refractivity contribution is -0.192. The molecule has 4 rings (SSSR count). The number of carbonyl (C=O) groups is 2. The summed E-state index contributed by atoms with van der Waals surface area (Å²) in [6.07, 6.45) is -6.57. The van der Waals surface area contributed by atoms with E-state index in [1.165, 1.54) is 23.3 Å². The van der Waals surface area contributed by atoms with E-state index in [4.69, 9.17) is 15.6 Å². The first-order chi connectivity index (χ1) is 17.3. The molecule has 4 nitrogen and oxygen atoms in total. The Hall–Kier alpha value is -3.82. The van der Waals surface area contributed by atoms with E-state index in [9.17, 15) is 31.1 Å². The van der Waals surface area contributed by atoms with Gasteiger partial charge in [0.25, 0.3) is 0 Å². The molecule has 3 aromatic rings. The van der Waals surface area contributed by atoms with Gasteiger partial charge in [-0.25, -0.2) is 4.79 Å². The average molecular weight is 523 g/mol. The third-order valence-corrected chi connectivity index (χ3v) is 6.10. The number of aliphatic carboxylic acids is 1. The van der Waals surface area contributed by atoms with E-state index in [1.54, 1.807) is 30.3 Å². The van der Waals surface area contributed by atoms with Crippen LogP contribution in [0.4, 0.5) is 26.3 Å². The minimum atomic E-state index is -5.08. The molecule has 0 saturated carbocycles. The van der Waals surface area contributed by atoms with Gasteiger partial charge in [0.15, 0.2) is 0 Å². The van der Waals surface area contributed by atoms with E-state index in [0.717, 1.165) is 12.8 Å². The maximum absolute atomic E-state index is 13.8. The Balaban J connectivity index is 0.000000479. The third-order valence-electron chi connectivity index (χ3n) is 6.10. The van der Waals surface area contributed by atoms with Crippen molar-refractivity contribution < 1.29 is 41.0 Å². The molecule has 0 saturated heterocycles. The van der Waals surface area contributed by atoms with Crippen LogP contribution < -0.4 is 5.73 Å². The molecule has 1 amide bonds. The zero-order valence-electron chi connectivity index (χ0n) is 19.4. The molecule has 0 aliphatic heterocycles. The van der Waals surface area contributed by atoms with Crippen LogP contribution in [0.15, 0.2) is 66.7 Å². The minimum absolute atomic E-state index is 0.269. The molecule has 0 heterocycles. The number of aryl methyl sites for hydroxylation is 1. The smallest absolute Gasteiger partial charge is 0.475 e. The summed E-state index contributed by atoms with van der Waals surface area (Å²) in [5, 5.41) is 7.12. The fourth-order valence-electron chi connectivity index (χ4n) is 4.30. The van der Waals surface area contributed by atoms with Crippen molar-refractivity contribution in [1.82, 2.24) is 0 Å². The number of rotatable bonds is 5. The predicted molar refractivity (Wildman–Crippen MR) is 125 cm³/mol. The Bertz CT molecular complexity index is 1260. The van der Waals surface area contributed by atoms with Gasteiger partial charge in [0.05, 0.1) is 5.56 Å². The molecule has 1 aliphatic rings. The number of carbonyl (C=O) groups excluding carboxylic acids is 1. The second-order valence-electron chi connectivity index (χ2n) is 8.70. The van der Waals surface area contributed by atoms with Crippen LogP contribution in [0.1, 0.15) is 39.0 Å². The molecule has 0 aromatic heterocycles. The van der Waals surface area contributed by atoms with E-state index >= 15 is 0 Å². The first kappa shape index (κ1) is 27.8. The molecule has 0 bridgehead atoms. The largest absolute Gasteiger partial charge is 0.490 e. The van der Waals surface area contributed by atoms with Crippen LogP contribution in [0, 0.1) is 5.92 Å². The van der Waals surface area contributed by atoms with Gasteiger partial charge in [0.2, 0.25) is 5.91 Å². The Morgan fingerprint density at radius 2 is 1.41 bits per heavy atom. The first-order valence-electron chi connectivity index (χ1n) is 11.2. The van der Waals surface area contributed by atoms with Crippen LogP contribution in [-0.4, -0.2) is 23.2 Å². The Kier molecular flexibility index (Phi) is 8.30. The average Bonchev–Trinajstić information content (AvgIpc) is 3.25. The van der Waals surface area contributed by atoms with Gasteiger partial charge in [-0.1, -0.05) is 48.5 Å². The van der Waals surface area contributed by atoms with Crippen molar-refractivity contribution in [3.8, 4) is 11.1 Å². The predicted octanol–water partition coefficient (Wildman–Crippen LogP) is 6.45. The lowest BCUT2D eigenvalue weighted by Crippen LogP contribution is -2.21. The lowest BCUT2D eigenvalue weighted by Gasteiger charge is -2.16. The van der Waals surface area contributed by atoms with Crippen molar-refractivity contribution in [1.29, 1.82) is 0 Å². The molecule has 3 N–H and O–H groups in total. The highest BCUT2D eigenvalue weighted by Crippen LogP contribution is 2.37. The second-order valence-corrected chi connectivity index (χ2v) is 8.70. The van der Waals surface area contributed by atoms with Gasteiger partial charge in [0, 0.05) is 5.56 Å². The Morgan fingerprint density at radius 3 is 1.92 bits per heavy atom. The number of carboxylic acids is 1. The number of halogens is 6. The Morgan fingerprint density at radius 1 is 0.838 bits per heavy atom. The maximum atomic E-state index is 13.8. The topological polar surface area (TPSA) is 80.4 Å². The maximum Gasteiger partial charge on any atom is 0.490 e. The number of benzene rings is 3. The molecule has 10 heteroatoms. The Labute approximate surface area is 208 Å². The van der Waals surface area contributed by atoms with Crippen LogP contribution in [0.3, 0.4) is 0 Å². The van der Waals surface area contributed by atoms with Crippen LogP contribution >= 0.6 is 0 Å². The van der Waals surface area contributed by atoms with Crippen molar-refractivity contribution in [2.24, 2.45) is 11.7 Å². The van der Waals surface area contributed by atoms with Crippen molar-refractivity contribution in [3.63, 3.8) is 0 Å². The number of primary amides is 1. The molecule has 0 fully saturated rings. The summed E-state index contributed by atoms with van der Waals surface area (Å²) in [7, 11) is 0. The van der Waals surface area contributed by atoms with Crippen LogP contribution in [0.5, 0.6) is 0 Å². The number of amides is 1. The van der Waals surface area contributed by atoms with Gasteiger partial charge in [-0.15, -0.1) is 0 Å². The fraction of sp³-hybridized carbons (Fsp3) is 0.259. The lowest BCUT2D eigenvalue weighted by atomic mass is 9.92. The summed E-state index contributed by atoms with van der Waals surface area (Å²) in [5.74, 6) is -3.00. The second kappa shape index (κ2) is 11.1. The van der Waals surface area contributed by atoms with Gasteiger partial charge in [-0.2, -0.15) is 26.3 Å². The molecule has 196 valence electrons. The van der Waals surface area contributed by atoms with Crippen molar-refractivity contribution in [2.45, 2.75) is 38.0 Å². The number of nitrogens with two attached hydrogens (primary N) is 1. The molecular weight excluding hydrogens is 500 g/mol. The summed E-state index contributed by atoms with van der Waals surface area (Å²) in [6.45, 7) is 0. The number of hydrogen-bond donors (Lipinski definition) is 2. The summed E-state index contributed by atoms with van der Waals surface area (Å²) in [4.78, 5) is 20.3. The number of fused-ring (bicyclic) bond motifs is 1. The molecule has 0 spiro atoms. The fourth-order valence-corrected chi connectivity index (χ4v) is 4.30. The number of carboxylic acid groups (broad SMARTS) is 1. The van der Waals surface area contributed by atoms with E-state index in [0.29, 0.717) is 35.4 Å². The van der Waals surface area contributed by atoms with E-state index < -0.39 is 29.8 Å². The molecule has 1 aliphatic carbocycles. The van der Waals surface area contributed by atoms with Crippen molar-refractivity contribution >= 4 is 11.9 Å². The monoisotopic (exact) mass is 523 g/mol. The van der Waals surface area contributed by atoms with Crippen LogP contribution in [-0.2, 0) is 30.2 Å². The first-order valence-corrected chi connectivity index (χ1v) is 11.2. The molecule has 3 aromatic carbocycles. The van der Waals surface area contributed by atoms with Gasteiger partial charge < -0.3 is 10.8 Å². The zero-order chi connectivity index (χ0) is 27.4. The number of alkyl halides is 6. The van der Waals surface area contributed by atoms with Gasteiger partial charge in [-0.05, 0) is 77.6 Å². The molecule has 0 unspecified atom stereocenters. The van der Waals surface area contributed by atoms with Crippen LogP contribution in [0.2, 0.25) is 0 Å². The zero-order valence-corrected chi connectivity index (χ0v) is 19.4. The standard InChI is InChI=1S/C25H22F3NO.C2HF3O2/c26-25(27,28)23-15-21(20-6-3-7-22(14-20)24(29)30)11-10-17(23)9-8-16-12-18-4-1-2-5-19(18)13-16;3-2(4,5)1(6)7/h1-7,10-11,14-16H,8-9,12-13H2,(H2,29,30);(H,6,7). The normalized spacial score (nSPS) is 13.5. The summed E-state index contributed by atoms with van der Waals surface area (Å²) in [6, 6.07) is 19.0. The molecular formula is C27H23F6NO3. The van der Waals surface area contributed by atoms with E-state index in [1.807, 2.05) is 12.1 Å². The molecule has 0 radical (unpaired) electrons. The number of hydrogen-bond acceptors (Lipinski definition) is 2. The van der Waals surface area contributed by atoms with Gasteiger partial charge >= 0.3 is 18.3 Å². The van der Waals surface area contributed by atoms with Gasteiger partial charge in [0.1, 0.15) is 0 Å². The third kappa shape index (κ3) is 7.34. The summed E-state index contributed by atoms with van der Waals surface area (Å²) >= 11 is 0.